The second-order valence-corrected chi connectivity index (χ2v) is 5.57. The van der Waals surface area contributed by atoms with Crippen LogP contribution in [-0.4, -0.2) is 30.8 Å². The van der Waals surface area contributed by atoms with Crippen LogP contribution in [0.5, 0.6) is 0 Å². The summed E-state index contributed by atoms with van der Waals surface area (Å²) in [6, 6.07) is 7.07. The Kier molecular flexibility index (Phi) is 4.90. The molecule has 1 atom stereocenters. The average molecular weight is 275 g/mol. The molecule has 0 bridgehead atoms. The van der Waals surface area contributed by atoms with E-state index in [0.717, 1.165) is 13.1 Å². The molecule has 1 aliphatic heterocycles. The molecule has 1 fully saturated rings. The van der Waals surface area contributed by atoms with Crippen LogP contribution in [0.2, 0.25) is 0 Å². The van der Waals surface area contributed by atoms with E-state index in [9.17, 15) is 9.59 Å². The summed E-state index contributed by atoms with van der Waals surface area (Å²) in [4.78, 5) is 25.0. The molecule has 0 aromatic heterocycles. The molecule has 1 amide bonds. The normalized spacial score (nSPS) is 17.5. The summed E-state index contributed by atoms with van der Waals surface area (Å²) in [7, 11) is 0. The van der Waals surface area contributed by atoms with Crippen molar-refractivity contribution in [3.63, 3.8) is 0 Å². The molecule has 4 nitrogen and oxygen atoms in total. The molecule has 1 heterocycles. The minimum absolute atomic E-state index is 0.0100. The molecule has 4 heteroatoms. The number of carbonyl (C=O) groups excluding carboxylic acids is 2. The lowest BCUT2D eigenvalue weighted by Gasteiger charge is -2.28. The lowest BCUT2D eigenvalue weighted by Crippen LogP contribution is -3.17. The Bertz CT molecular complexity index is 493. The molecule has 1 aliphatic rings. The number of likely N-dealkylation sites (tertiary alicyclic amines) is 1. The smallest absolute Gasteiger partial charge is 0.282 e. The molecule has 0 aliphatic carbocycles. The van der Waals surface area contributed by atoms with Crippen molar-refractivity contribution in [1.82, 2.24) is 0 Å². The fourth-order valence-electron chi connectivity index (χ4n) is 2.69. The third kappa shape index (κ3) is 3.67. The van der Waals surface area contributed by atoms with Crippen LogP contribution >= 0.6 is 0 Å². The number of carbonyl (C=O) groups is 2. The van der Waals surface area contributed by atoms with Crippen molar-refractivity contribution in [3.8, 4) is 0 Å². The third-order valence-corrected chi connectivity index (χ3v) is 4.04. The Morgan fingerprint density at radius 1 is 1.20 bits per heavy atom. The number of nitrogens with one attached hydrogen (secondary N) is 2. The molecule has 1 aromatic rings. The second-order valence-electron chi connectivity index (χ2n) is 5.57. The molecule has 1 aromatic carbocycles. The lowest BCUT2D eigenvalue weighted by molar-refractivity contribution is -0.918. The third-order valence-electron chi connectivity index (χ3n) is 4.04. The highest BCUT2D eigenvalue weighted by atomic mass is 16.2. The summed E-state index contributed by atoms with van der Waals surface area (Å²) in [6.07, 6.45) is 3.68. The molecule has 0 saturated carbocycles. The maximum Gasteiger partial charge on any atom is 0.282 e. The highest BCUT2D eigenvalue weighted by molar-refractivity contribution is 5.97. The van der Waals surface area contributed by atoms with Gasteiger partial charge in [-0.1, -0.05) is 12.1 Å². The summed E-state index contributed by atoms with van der Waals surface area (Å²) >= 11 is 0. The van der Waals surface area contributed by atoms with E-state index in [0.29, 0.717) is 11.3 Å². The molecule has 0 spiro atoms. The van der Waals surface area contributed by atoms with Crippen molar-refractivity contribution in [1.29, 1.82) is 0 Å². The molecule has 2 rings (SSSR count). The first-order valence-corrected chi connectivity index (χ1v) is 7.34. The number of ketones is 1. The molecule has 20 heavy (non-hydrogen) atoms. The van der Waals surface area contributed by atoms with Crippen LogP contribution in [0.15, 0.2) is 24.3 Å². The maximum absolute atomic E-state index is 12.3. The van der Waals surface area contributed by atoms with Gasteiger partial charge in [0.2, 0.25) is 0 Å². The van der Waals surface area contributed by atoms with Gasteiger partial charge in [0.1, 0.15) is 0 Å². The maximum atomic E-state index is 12.3. The predicted octanol–water partition coefficient (Wildman–Crippen LogP) is 1.28. The Morgan fingerprint density at radius 2 is 1.90 bits per heavy atom. The van der Waals surface area contributed by atoms with Gasteiger partial charge in [-0.05, 0) is 45.2 Å². The van der Waals surface area contributed by atoms with Gasteiger partial charge < -0.3 is 10.2 Å². The molecule has 1 saturated heterocycles. The number of hydrogen-bond donors (Lipinski definition) is 2. The van der Waals surface area contributed by atoms with E-state index in [-0.39, 0.29) is 17.7 Å². The number of rotatable bonds is 4. The van der Waals surface area contributed by atoms with Crippen LogP contribution in [0.25, 0.3) is 0 Å². The fraction of sp³-hybridized carbons (Fsp3) is 0.500. The first-order valence-electron chi connectivity index (χ1n) is 7.34. The van der Waals surface area contributed by atoms with Gasteiger partial charge in [-0.3, -0.25) is 9.59 Å². The van der Waals surface area contributed by atoms with Gasteiger partial charge in [0, 0.05) is 11.3 Å². The number of benzene rings is 1. The standard InChI is InChI=1S/C16H22N2O2/c1-12(18-9-4-3-5-10-18)16(20)17-15-8-6-7-14(11-15)13(2)19/h6-8,11-12H,3-5,9-10H2,1-2H3,(H,17,20)/p+1/t12-/m0/s1. The summed E-state index contributed by atoms with van der Waals surface area (Å²) in [6.45, 7) is 5.65. The highest BCUT2D eigenvalue weighted by Crippen LogP contribution is 2.11. The van der Waals surface area contributed by atoms with Crippen molar-refractivity contribution >= 4 is 17.4 Å². The van der Waals surface area contributed by atoms with Crippen LogP contribution in [-0.2, 0) is 4.79 Å². The summed E-state index contributed by atoms with van der Waals surface area (Å²) in [5, 5.41) is 2.92. The first-order chi connectivity index (χ1) is 9.58. The van der Waals surface area contributed by atoms with Crippen molar-refractivity contribution in [3.05, 3.63) is 29.8 Å². The topological polar surface area (TPSA) is 50.6 Å². The molecule has 0 radical (unpaired) electrons. The van der Waals surface area contributed by atoms with E-state index in [4.69, 9.17) is 0 Å². The van der Waals surface area contributed by atoms with E-state index < -0.39 is 0 Å². The van der Waals surface area contributed by atoms with Crippen molar-refractivity contribution < 1.29 is 14.5 Å². The quantitative estimate of drug-likeness (QED) is 0.813. The van der Waals surface area contributed by atoms with Crippen molar-refractivity contribution in [2.24, 2.45) is 0 Å². The zero-order valence-electron chi connectivity index (χ0n) is 12.2. The highest BCUT2D eigenvalue weighted by Gasteiger charge is 2.26. The van der Waals surface area contributed by atoms with E-state index in [1.165, 1.54) is 31.1 Å². The first kappa shape index (κ1) is 14.7. The molecular weight excluding hydrogens is 252 g/mol. The van der Waals surface area contributed by atoms with Gasteiger partial charge in [-0.15, -0.1) is 0 Å². The number of hydrogen-bond acceptors (Lipinski definition) is 2. The Hall–Kier alpha value is -1.68. The average Bonchev–Trinajstić information content (AvgIpc) is 2.47. The fourth-order valence-corrected chi connectivity index (χ4v) is 2.69. The lowest BCUT2D eigenvalue weighted by atomic mass is 10.1. The summed E-state index contributed by atoms with van der Waals surface area (Å²) in [5.41, 5.74) is 1.33. The second kappa shape index (κ2) is 6.66. The number of Topliss-reactive ketones (excluding diaryl/α,β-unsaturated/α-hetero) is 1. The van der Waals surface area contributed by atoms with Crippen LogP contribution in [0.1, 0.15) is 43.5 Å². The zero-order chi connectivity index (χ0) is 14.5. The molecule has 2 N–H and O–H groups in total. The minimum Gasteiger partial charge on any atom is -0.325 e. The Labute approximate surface area is 120 Å². The summed E-state index contributed by atoms with van der Waals surface area (Å²) < 4.78 is 0. The van der Waals surface area contributed by atoms with E-state index in [1.54, 1.807) is 18.2 Å². The number of amides is 1. The van der Waals surface area contributed by atoms with Gasteiger partial charge in [0.15, 0.2) is 11.8 Å². The number of anilines is 1. The van der Waals surface area contributed by atoms with Crippen LogP contribution in [0.4, 0.5) is 5.69 Å². The largest absolute Gasteiger partial charge is 0.325 e. The minimum atomic E-state index is -0.0451. The molecule has 0 unspecified atom stereocenters. The van der Waals surface area contributed by atoms with Gasteiger partial charge in [-0.2, -0.15) is 0 Å². The van der Waals surface area contributed by atoms with Crippen LogP contribution < -0.4 is 10.2 Å². The van der Waals surface area contributed by atoms with Gasteiger partial charge in [-0.25, -0.2) is 0 Å². The predicted molar refractivity (Wildman–Crippen MR) is 79.1 cm³/mol. The van der Waals surface area contributed by atoms with Gasteiger partial charge in [0.25, 0.3) is 5.91 Å². The SMILES string of the molecule is CC(=O)c1cccc(NC(=O)[C@H](C)[NH+]2CCCCC2)c1. The van der Waals surface area contributed by atoms with Crippen molar-refractivity contribution in [2.75, 3.05) is 18.4 Å². The molecule has 108 valence electrons. The summed E-state index contributed by atoms with van der Waals surface area (Å²) in [5.74, 6) is 0.0402. The number of piperidine rings is 1. The number of quaternary nitrogens is 1. The van der Waals surface area contributed by atoms with E-state index in [1.807, 2.05) is 13.0 Å². The van der Waals surface area contributed by atoms with Gasteiger partial charge in [0.05, 0.1) is 13.1 Å². The van der Waals surface area contributed by atoms with E-state index in [2.05, 4.69) is 5.32 Å². The van der Waals surface area contributed by atoms with E-state index >= 15 is 0 Å². The Balaban J connectivity index is 1.99. The van der Waals surface area contributed by atoms with Crippen LogP contribution in [0, 0.1) is 0 Å². The van der Waals surface area contributed by atoms with Crippen molar-refractivity contribution in [2.45, 2.75) is 39.2 Å². The van der Waals surface area contributed by atoms with Crippen LogP contribution in [0.3, 0.4) is 0 Å². The monoisotopic (exact) mass is 275 g/mol. The van der Waals surface area contributed by atoms with Gasteiger partial charge >= 0.3 is 0 Å². The molecular formula is C16H23N2O2+. The zero-order valence-corrected chi connectivity index (χ0v) is 12.2. The Morgan fingerprint density at radius 3 is 2.55 bits per heavy atom.